The molecule has 6 heteroatoms. The largest absolute Gasteiger partial charge is 0.481 e. The van der Waals surface area contributed by atoms with E-state index < -0.39 is 23.6 Å². The zero-order chi connectivity index (χ0) is 14.8. The summed E-state index contributed by atoms with van der Waals surface area (Å²) in [4.78, 5) is 11.5. The van der Waals surface area contributed by atoms with Gasteiger partial charge in [0.1, 0.15) is 0 Å². The number of hydrogen-bond acceptors (Lipinski definition) is 2. The summed E-state index contributed by atoms with van der Waals surface area (Å²) in [5.41, 5.74) is -0.935. The number of thioether (sulfide) groups is 1. The van der Waals surface area contributed by atoms with E-state index in [1.54, 1.807) is 11.8 Å². The second-order valence-corrected chi connectivity index (χ2v) is 6.08. The van der Waals surface area contributed by atoms with E-state index in [-0.39, 0.29) is 11.5 Å². The predicted molar refractivity (Wildman–Crippen MR) is 71.9 cm³/mol. The van der Waals surface area contributed by atoms with Crippen molar-refractivity contribution < 1.29 is 23.1 Å². The molecule has 1 N–H and O–H groups in total. The Labute approximate surface area is 119 Å². The first kappa shape index (κ1) is 15.2. The lowest BCUT2D eigenvalue weighted by molar-refractivity contribution is -0.142. The van der Waals surface area contributed by atoms with Crippen molar-refractivity contribution in [3.8, 4) is 0 Å². The summed E-state index contributed by atoms with van der Waals surface area (Å²) < 4.78 is 39.1. The van der Waals surface area contributed by atoms with Crippen LogP contribution in [0.4, 0.5) is 13.2 Å². The van der Waals surface area contributed by atoms with E-state index >= 15 is 0 Å². The van der Waals surface area contributed by atoms with E-state index in [9.17, 15) is 23.1 Å². The molecule has 2 nitrogen and oxygen atoms in total. The molecule has 20 heavy (non-hydrogen) atoms. The van der Waals surface area contributed by atoms with Crippen molar-refractivity contribution in [1.82, 2.24) is 0 Å². The summed E-state index contributed by atoms with van der Waals surface area (Å²) >= 11 is 1.72. The summed E-state index contributed by atoms with van der Waals surface area (Å²) in [6.07, 6.45) is -3.23. The molecule has 1 unspecified atom stereocenters. The van der Waals surface area contributed by atoms with Crippen LogP contribution in [0.3, 0.4) is 0 Å². The number of aliphatic carboxylic acids is 1. The quantitative estimate of drug-likeness (QED) is 0.916. The fourth-order valence-corrected chi connectivity index (χ4v) is 3.81. The van der Waals surface area contributed by atoms with Gasteiger partial charge in [-0.2, -0.15) is 24.9 Å². The van der Waals surface area contributed by atoms with Gasteiger partial charge in [-0.3, -0.25) is 4.79 Å². The van der Waals surface area contributed by atoms with Gasteiger partial charge in [0, 0.05) is 0 Å². The highest BCUT2D eigenvalue weighted by molar-refractivity contribution is 7.99. The van der Waals surface area contributed by atoms with Crippen molar-refractivity contribution in [3.63, 3.8) is 0 Å². The second kappa shape index (κ2) is 6.08. The van der Waals surface area contributed by atoms with Gasteiger partial charge in [-0.25, -0.2) is 0 Å². The van der Waals surface area contributed by atoms with E-state index in [0.29, 0.717) is 12.8 Å². The van der Waals surface area contributed by atoms with Crippen LogP contribution in [0.5, 0.6) is 0 Å². The fourth-order valence-electron chi connectivity index (χ4n) is 2.66. The third-order valence-electron chi connectivity index (χ3n) is 3.60. The first-order chi connectivity index (χ1) is 9.41. The Bertz CT molecular complexity index is 482. The minimum Gasteiger partial charge on any atom is -0.481 e. The summed E-state index contributed by atoms with van der Waals surface area (Å²) in [5.74, 6) is -0.852. The van der Waals surface area contributed by atoms with Crippen molar-refractivity contribution in [2.24, 2.45) is 5.92 Å². The van der Waals surface area contributed by atoms with Crippen LogP contribution in [0, 0.1) is 5.92 Å². The van der Waals surface area contributed by atoms with Crippen LogP contribution in [-0.2, 0) is 11.0 Å². The number of alkyl halides is 3. The van der Waals surface area contributed by atoms with Gasteiger partial charge >= 0.3 is 12.1 Å². The molecule has 0 amide bonds. The molecule has 0 bridgehead atoms. The normalized spacial score (nSPS) is 18.8. The Hall–Kier alpha value is -1.17. The van der Waals surface area contributed by atoms with Crippen molar-refractivity contribution in [1.29, 1.82) is 0 Å². The standard InChI is InChI=1S/C14H15F3O2S/c15-14(16,17)11-4-2-1-3-10(11)12(13(18)19)9-5-7-20-8-6-9/h1-4,9,12H,5-8H2,(H,18,19). The third-order valence-corrected chi connectivity index (χ3v) is 4.65. The summed E-state index contributed by atoms with van der Waals surface area (Å²) in [6, 6.07) is 5.02. The molecule has 1 aliphatic rings. The maximum Gasteiger partial charge on any atom is 0.416 e. The number of rotatable bonds is 3. The molecule has 1 fully saturated rings. The molecule has 2 rings (SSSR count). The van der Waals surface area contributed by atoms with Crippen LogP contribution in [0.1, 0.15) is 29.9 Å². The molecule has 1 heterocycles. The van der Waals surface area contributed by atoms with E-state index in [1.165, 1.54) is 18.2 Å². The summed E-state index contributed by atoms with van der Waals surface area (Å²) in [7, 11) is 0. The van der Waals surface area contributed by atoms with Gasteiger partial charge in [-0.1, -0.05) is 18.2 Å². The number of carboxylic acid groups (broad SMARTS) is 1. The van der Waals surface area contributed by atoms with Crippen molar-refractivity contribution in [2.45, 2.75) is 24.9 Å². The minimum absolute atomic E-state index is 0.107. The molecule has 0 aromatic heterocycles. The number of halogens is 3. The van der Waals surface area contributed by atoms with Gasteiger partial charge in [-0.05, 0) is 41.9 Å². The lowest BCUT2D eigenvalue weighted by atomic mass is 9.80. The van der Waals surface area contributed by atoms with Gasteiger partial charge in [0.05, 0.1) is 11.5 Å². The number of carbonyl (C=O) groups is 1. The Morgan fingerprint density at radius 3 is 2.40 bits per heavy atom. The molecular weight excluding hydrogens is 289 g/mol. The molecular formula is C14H15F3O2S. The first-order valence-corrected chi connectivity index (χ1v) is 7.53. The van der Waals surface area contributed by atoms with Crippen LogP contribution in [0.25, 0.3) is 0 Å². The van der Waals surface area contributed by atoms with Gasteiger partial charge in [0.25, 0.3) is 0 Å². The first-order valence-electron chi connectivity index (χ1n) is 6.38. The van der Waals surface area contributed by atoms with Gasteiger partial charge < -0.3 is 5.11 Å². The molecule has 1 atom stereocenters. The average Bonchev–Trinajstić information content (AvgIpc) is 2.39. The Morgan fingerprint density at radius 2 is 1.85 bits per heavy atom. The van der Waals surface area contributed by atoms with Crippen LogP contribution in [0.2, 0.25) is 0 Å². The molecule has 1 aromatic rings. The molecule has 110 valence electrons. The van der Waals surface area contributed by atoms with Crippen molar-refractivity contribution >= 4 is 17.7 Å². The highest BCUT2D eigenvalue weighted by Crippen LogP contribution is 2.41. The van der Waals surface area contributed by atoms with Crippen LogP contribution >= 0.6 is 11.8 Å². The van der Waals surface area contributed by atoms with Gasteiger partial charge in [-0.15, -0.1) is 0 Å². The molecule has 0 radical (unpaired) electrons. The zero-order valence-electron chi connectivity index (χ0n) is 10.7. The van der Waals surface area contributed by atoms with Crippen molar-refractivity contribution in [2.75, 3.05) is 11.5 Å². The maximum absolute atomic E-state index is 13.0. The topological polar surface area (TPSA) is 37.3 Å². The van der Waals surface area contributed by atoms with E-state index in [0.717, 1.165) is 17.6 Å². The van der Waals surface area contributed by atoms with Gasteiger partial charge in [0.15, 0.2) is 0 Å². The SMILES string of the molecule is O=C(O)C(c1ccccc1C(F)(F)F)C1CCSCC1. The van der Waals surface area contributed by atoms with E-state index in [4.69, 9.17) is 0 Å². The number of benzene rings is 1. The smallest absolute Gasteiger partial charge is 0.416 e. The molecule has 0 spiro atoms. The van der Waals surface area contributed by atoms with Crippen LogP contribution < -0.4 is 0 Å². The lowest BCUT2D eigenvalue weighted by Gasteiger charge is -2.29. The highest BCUT2D eigenvalue weighted by Gasteiger charge is 2.39. The zero-order valence-corrected chi connectivity index (χ0v) is 11.5. The molecule has 0 aliphatic carbocycles. The molecule has 0 saturated carbocycles. The summed E-state index contributed by atoms with van der Waals surface area (Å²) in [6.45, 7) is 0. The van der Waals surface area contributed by atoms with Crippen molar-refractivity contribution in [3.05, 3.63) is 35.4 Å². The number of hydrogen-bond donors (Lipinski definition) is 1. The third kappa shape index (κ3) is 3.29. The van der Waals surface area contributed by atoms with Crippen LogP contribution in [0.15, 0.2) is 24.3 Å². The van der Waals surface area contributed by atoms with E-state index in [1.807, 2.05) is 0 Å². The predicted octanol–water partition coefficient (Wildman–Crippen LogP) is 4.02. The lowest BCUT2D eigenvalue weighted by Crippen LogP contribution is -2.27. The second-order valence-electron chi connectivity index (χ2n) is 4.85. The highest BCUT2D eigenvalue weighted by atomic mass is 32.2. The fraction of sp³-hybridized carbons (Fsp3) is 0.500. The Kier molecular flexibility index (Phi) is 4.62. The Morgan fingerprint density at radius 1 is 1.25 bits per heavy atom. The number of carboxylic acids is 1. The average molecular weight is 304 g/mol. The molecule has 1 aromatic carbocycles. The minimum atomic E-state index is -4.52. The summed E-state index contributed by atoms with van der Waals surface area (Å²) in [5, 5.41) is 9.39. The van der Waals surface area contributed by atoms with E-state index in [2.05, 4.69) is 0 Å². The monoisotopic (exact) mass is 304 g/mol. The van der Waals surface area contributed by atoms with Crippen LogP contribution in [-0.4, -0.2) is 22.6 Å². The molecule has 1 aliphatic heterocycles. The maximum atomic E-state index is 13.0. The van der Waals surface area contributed by atoms with Gasteiger partial charge in [0.2, 0.25) is 0 Å². The molecule has 1 saturated heterocycles. The Balaban J connectivity index is 2.42.